The molecule has 20 heavy (non-hydrogen) atoms. The van der Waals surface area contributed by atoms with Crippen LogP contribution in [0.3, 0.4) is 0 Å². The SMILES string of the molecule is O=[N+]([O-])[Rh]([N+](=O)[O-])([N+](=O)[O-])([N+](=O)[O-])([N+](=O)[O-])[N+](=O)[O-].[K+]. The van der Waals surface area contributed by atoms with Crippen LogP contribution in [0.15, 0.2) is 0 Å². The van der Waals surface area contributed by atoms with Gasteiger partial charge >= 0.3 is 148 Å². The third-order valence-corrected chi connectivity index (χ3v) is 9.66. The van der Waals surface area contributed by atoms with Gasteiger partial charge in [0.25, 0.3) is 0 Å². The predicted molar refractivity (Wildman–Crippen MR) is 42.0 cm³/mol. The fraction of sp³-hybridized carbons (Fsp3) is 0. The molecule has 0 aliphatic rings. The van der Waals surface area contributed by atoms with Crippen LogP contribution in [-0.2, 0) is 13.9 Å². The molecule has 0 radical (unpaired) electrons. The van der Waals surface area contributed by atoms with Gasteiger partial charge in [0.05, 0.1) is 0 Å². The quantitative estimate of drug-likeness (QED) is 0.224. The van der Waals surface area contributed by atoms with Gasteiger partial charge in [-0.05, 0) is 0 Å². The first-order valence-corrected chi connectivity index (χ1v) is 7.48. The van der Waals surface area contributed by atoms with Gasteiger partial charge in [-0.1, -0.05) is 0 Å². The van der Waals surface area contributed by atoms with E-state index in [0.29, 0.717) is 0 Å². The van der Waals surface area contributed by atoms with Gasteiger partial charge in [0.1, 0.15) is 0 Å². The summed E-state index contributed by atoms with van der Waals surface area (Å²) in [6, 6.07) is 0. The number of hydrogen-bond acceptors (Lipinski definition) is 12. The van der Waals surface area contributed by atoms with Gasteiger partial charge in [-0.15, -0.1) is 0 Å². The minimum atomic E-state index is -10.8. The third-order valence-electron chi connectivity index (χ3n) is 1.63. The van der Waals surface area contributed by atoms with Crippen LogP contribution in [0.2, 0.25) is 0 Å². The van der Waals surface area contributed by atoms with Crippen molar-refractivity contribution >= 4 is 0 Å². The van der Waals surface area contributed by atoms with Crippen LogP contribution < -0.4 is 51.4 Å². The van der Waals surface area contributed by atoms with E-state index in [4.69, 9.17) is 0 Å². The molecule has 0 rings (SSSR count). The Bertz CT molecular complexity index is 431. The maximum absolute atomic E-state index is 10.8. The Morgan fingerprint density at radius 1 is 0.450 bits per heavy atom. The predicted octanol–water partition coefficient (Wildman–Crippen LogP) is -4.63. The molecule has 18 nitrogen and oxygen atoms in total. The third kappa shape index (κ3) is 1.19. The van der Waals surface area contributed by atoms with Crippen molar-refractivity contribution in [3.05, 3.63) is 60.7 Å². The minimum absolute atomic E-state index is 0. The molecule has 0 saturated carbocycles. The molecule has 0 unspecified atom stereocenters. The monoisotopic (exact) mass is 418 g/mol. The molecule has 0 aromatic heterocycles. The summed E-state index contributed by atoms with van der Waals surface area (Å²) in [6.45, 7) is 0. The summed E-state index contributed by atoms with van der Waals surface area (Å²) in [7, 11) is 0. The van der Waals surface area contributed by atoms with E-state index in [0.717, 1.165) is 0 Å². The molecule has 0 amide bonds. The number of rotatable bonds is 6. The summed E-state index contributed by atoms with van der Waals surface area (Å²) in [5, 5.41) is 63.3. The van der Waals surface area contributed by atoms with Gasteiger partial charge in [-0.2, -0.15) is 0 Å². The number of nitro groups is 6. The van der Waals surface area contributed by atoms with Crippen LogP contribution in [0.4, 0.5) is 0 Å². The van der Waals surface area contributed by atoms with E-state index in [2.05, 4.69) is 0 Å². The van der Waals surface area contributed by atoms with Crippen molar-refractivity contribution in [2.75, 3.05) is 0 Å². The van der Waals surface area contributed by atoms with Gasteiger partial charge in [-0.3, -0.25) is 0 Å². The summed E-state index contributed by atoms with van der Waals surface area (Å²) >= 11 is -10.8. The van der Waals surface area contributed by atoms with E-state index in [1.807, 2.05) is 0 Å². The maximum Gasteiger partial charge on any atom is 1.00 e. The van der Waals surface area contributed by atoms with Crippen LogP contribution in [0.25, 0.3) is 0 Å². The van der Waals surface area contributed by atoms with E-state index in [-0.39, 0.29) is 51.4 Å². The van der Waals surface area contributed by atoms with Crippen molar-refractivity contribution in [2.24, 2.45) is 0 Å². The van der Waals surface area contributed by atoms with Crippen LogP contribution in [-0.4, -0.2) is 22.0 Å². The molecule has 0 aromatic rings. The second-order valence-corrected chi connectivity index (χ2v) is 10.7. The molecule has 111 valence electrons. The van der Waals surface area contributed by atoms with Gasteiger partial charge in [0.15, 0.2) is 0 Å². The van der Waals surface area contributed by atoms with E-state index < -0.39 is 35.9 Å². The van der Waals surface area contributed by atoms with Gasteiger partial charge in [0, 0.05) is 0 Å². The van der Waals surface area contributed by atoms with Crippen LogP contribution in [0.1, 0.15) is 0 Å². The fourth-order valence-corrected chi connectivity index (χ4v) is 3.94. The zero-order chi connectivity index (χ0) is 15.9. The summed E-state index contributed by atoms with van der Waals surface area (Å²) in [4.78, 5) is 63.3. The Kier molecular flexibility index (Phi) is 5.13. The molecule has 0 fully saturated rings. The first kappa shape index (κ1) is 21.0. The normalized spacial score (nSPS) is 13.8. The minimum Gasteiger partial charge on any atom is 1.00 e. The average molecular weight is 418 g/mol. The van der Waals surface area contributed by atoms with E-state index in [9.17, 15) is 60.7 Å². The molecule has 0 atom stereocenters. The van der Waals surface area contributed by atoms with Crippen molar-refractivity contribution in [1.82, 2.24) is 0 Å². The van der Waals surface area contributed by atoms with Gasteiger partial charge in [0.2, 0.25) is 0 Å². The Morgan fingerprint density at radius 3 is 0.550 bits per heavy atom. The topological polar surface area (TPSA) is 259 Å². The van der Waals surface area contributed by atoms with Crippen molar-refractivity contribution in [2.45, 2.75) is 0 Å². The Hall–Kier alpha value is -1.34. The molecule has 0 aliphatic carbocycles. The van der Waals surface area contributed by atoms with Crippen molar-refractivity contribution in [1.29, 1.82) is 0 Å². The molecule has 20 heteroatoms. The second kappa shape index (κ2) is 4.89. The summed E-state index contributed by atoms with van der Waals surface area (Å²) in [5.74, 6) is 0. The van der Waals surface area contributed by atoms with Gasteiger partial charge in [-0.25, -0.2) is 0 Å². The molecule has 0 aliphatic heterocycles. The summed E-state index contributed by atoms with van der Waals surface area (Å²) in [5.41, 5.74) is 0. The summed E-state index contributed by atoms with van der Waals surface area (Å²) in [6.07, 6.45) is 0. The van der Waals surface area contributed by atoms with E-state index in [1.165, 1.54) is 0 Å². The Labute approximate surface area is 146 Å². The van der Waals surface area contributed by atoms with Crippen LogP contribution in [0.5, 0.6) is 0 Å². The molecule has 0 bridgehead atoms. The first-order valence-electron chi connectivity index (χ1n) is 3.09. The Balaban J connectivity index is 0. The van der Waals surface area contributed by atoms with Crippen LogP contribution in [0, 0.1) is 60.7 Å². The largest absolute Gasteiger partial charge is 1.00 e. The average Bonchev–Trinajstić information content (AvgIpc) is 2.15. The first-order chi connectivity index (χ1) is 8.34. The zero-order valence-electron chi connectivity index (χ0n) is 8.92. The molecular formula is KN6O12Rh+. The zero-order valence-corrected chi connectivity index (χ0v) is 13.7. The fourth-order valence-electron chi connectivity index (χ4n) is 0.667. The molecule has 0 spiro atoms. The molecule has 0 N–H and O–H groups in total. The van der Waals surface area contributed by atoms with Crippen molar-refractivity contribution in [3.8, 4) is 0 Å². The standard InChI is InChI=1S/K.6NO2.Rh/c;6*2-1-3;/q+1;;;;;;;. The van der Waals surface area contributed by atoms with E-state index in [1.54, 1.807) is 0 Å². The Morgan fingerprint density at radius 2 is 0.550 bits per heavy atom. The maximum atomic E-state index is 10.5. The molecule has 0 aromatic carbocycles. The number of nitrogens with zero attached hydrogens (tertiary/aromatic N) is 6. The van der Waals surface area contributed by atoms with Crippen LogP contribution >= 0.6 is 0 Å². The molecular weight excluding hydrogens is 418 g/mol. The van der Waals surface area contributed by atoms with Gasteiger partial charge < -0.3 is 0 Å². The summed E-state index contributed by atoms with van der Waals surface area (Å²) < 4.78 is -19.4. The van der Waals surface area contributed by atoms with Crippen molar-refractivity contribution in [3.63, 3.8) is 0 Å². The van der Waals surface area contributed by atoms with E-state index >= 15 is 0 Å². The number of hydrogen-bond donors (Lipinski definition) is 0. The molecule has 0 heterocycles. The smallest absolute Gasteiger partial charge is 1.00 e. The molecule has 0 saturated heterocycles. The van der Waals surface area contributed by atoms with Crippen molar-refractivity contribution < 1.29 is 87.2 Å². The second-order valence-electron chi connectivity index (χ2n) is 2.18.